The monoisotopic (exact) mass is 266 g/mol. The molecule has 8 heteroatoms. The number of carboxylic acid groups (broad SMARTS) is 1. The zero-order chi connectivity index (χ0) is 14.3. The molecule has 0 bridgehead atoms. The average molecular weight is 266 g/mol. The fourth-order valence-corrected chi connectivity index (χ4v) is 1.87. The fourth-order valence-electron chi connectivity index (χ4n) is 1.87. The van der Waals surface area contributed by atoms with E-state index in [0.29, 0.717) is 6.54 Å². The van der Waals surface area contributed by atoms with Gasteiger partial charge in [0.25, 0.3) is 5.56 Å². The summed E-state index contributed by atoms with van der Waals surface area (Å²) in [6, 6.07) is 0. The highest BCUT2D eigenvalue weighted by Crippen LogP contribution is 2.07. The number of aromatic amines is 1. The van der Waals surface area contributed by atoms with Crippen molar-refractivity contribution in [1.82, 2.24) is 19.1 Å². The van der Waals surface area contributed by atoms with Gasteiger partial charge in [0.1, 0.15) is 0 Å². The molecular formula is C11H14N4O4. The Morgan fingerprint density at radius 2 is 2.05 bits per heavy atom. The van der Waals surface area contributed by atoms with Gasteiger partial charge < -0.3 is 10.1 Å². The molecule has 2 rings (SSSR count). The average Bonchev–Trinajstić information content (AvgIpc) is 2.76. The Bertz CT molecular complexity index is 765. The number of H-pyrrole nitrogens is 1. The van der Waals surface area contributed by atoms with Gasteiger partial charge >= 0.3 is 11.7 Å². The number of fused-ring (bicyclic) bond motifs is 1. The highest BCUT2D eigenvalue weighted by Gasteiger charge is 2.18. The molecule has 0 aliphatic carbocycles. The summed E-state index contributed by atoms with van der Waals surface area (Å²) >= 11 is 0. The van der Waals surface area contributed by atoms with Crippen molar-refractivity contribution in [2.45, 2.75) is 20.4 Å². The third-order valence-electron chi connectivity index (χ3n) is 2.73. The summed E-state index contributed by atoms with van der Waals surface area (Å²) in [6.45, 7) is 4.18. The Kier molecular flexibility index (Phi) is 3.01. The number of hydrogen-bond donors (Lipinski definition) is 2. The summed E-state index contributed by atoms with van der Waals surface area (Å²) in [7, 11) is 1.35. The van der Waals surface area contributed by atoms with Gasteiger partial charge in [-0.25, -0.2) is 14.6 Å². The lowest BCUT2D eigenvalue weighted by molar-refractivity contribution is 0.0685. The summed E-state index contributed by atoms with van der Waals surface area (Å²) in [5, 5.41) is 8.90. The van der Waals surface area contributed by atoms with Crippen molar-refractivity contribution in [2.75, 3.05) is 0 Å². The van der Waals surface area contributed by atoms with Crippen molar-refractivity contribution in [3.63, 3.8) is 0 Å². The number of aromatic carboxylic acids is 1. The smallest absolute Gasteiger partial charge is 0.371 e. The maximum atomic E-state index is 12.0. The quantitative estimate of drug-likeness (QED) is 0.797. The van der Waals surface area contributed by atoms with E-state index in [4.69, 9.17) is 5.11 Å². The Morgan fingerprint density at radius 1 is 1.42 bits per heavy atom. The van der Waals surface area contributed by atoms with Crippen LogP contribution in [0.2, 0.25) is 0 Å². The molecule has 0 radical (unpaired) electrons. The number of aromatic nitrogens is 4. The van der Waals surface area contributed by atoms with Gasteiger partial charge in [0.2, 0.25) is 5.82 Å². The summed E-state index contributed by atoms with van der Waals surface area (Å²) in [4.78, 5) is 41.1. The van der Waals surface area contributed by atoms with E-state index in [0.717, 1.165) is 4.57 Å². The number of nitrogens with zero attached hydrogens (tertiary/aromatic N) is 3. The Balaban J connectivity index is 2.89. The molecule has 2 N–H and O–H groups in total. The third-order valence-corrected chi connectivity index (χ3v) is 2.73. The van der Waals surface area contributed by atoms with Gasteiger partial charge in [-0.15, -0.1) is 0 Å². The van der Waals surface area contributed by atoms with Crippen molar-refractivity contribution >= 4 is 17.1 Å². The van der Waals surface area contributed by atoms with Crippen molar-refractivity contribution in [3.8, 4) is 0 Å². The van der Waals surface area contributed by atoms with E-state index in [1.165, 1.54) is 11.6 Å². The van der Waals surface area contributed by atoms with Crippen LogP contribution in [-0.2, 0) is 13.6 Å². The van der Waals surface area contributed by atoms with Crippen LogP contribution < -0.4 is 11.2 Å². The van der Waals surface area contributed by atoms with Crippen LogP contribution in [-0.4, -0.2) is 30.2 Å². The zero-order valence-electron chi connectivity index (χ0n) is 10.8. The standard InChI is InChI=1S/C11H14N4O4/c1-5(2)4-15-8-6(9(16)14(3)11(15)19)12-7(13-8)10(17)18/h5H,4H2,1-3H3,(H,12,13)(H,17,18). The second kappa shape index (κ2) is 4.38. The van der Waals surface area contributed by atoms with Gasteiger partial charge in [0.15, 0.2) is 11.2 Å². The van der Waals surface area contributed by atoms with Crippen LogP contribution in [0.25, 0.3) is 11.2 Å². The van der Waals surface area contributed by atoms with E-state index in [2.05, 4.69) is 9.97 Å². The van der Waals surface area contributed by atoms with Gasteiger partial charge in [0.05, 0.1) is 0 Å². The molecule has 0 saturated carbocycles. The topological polar surface area (TPSA) is 110 Å². The van der Waals surface area contributed by atoms with Gasteiger partial charge in [-0.3, -0.25) is 13.9 Å². The summed E-state index contributed by atoms with van der Waals surface area (Å²) in [5.41, 5.74) is -0.978. The predicted molar refractivity (Wildman–Crippen MR) is 67.4 cm³/mol. The van der Waals surface area contributed by atoms with E-state index < -0.39 is 17.2 Å². The van der Waals surface area contributed by atoms with Crippen molar-refractivity contribution in [1.29, 1.82) is 0 Å². The van der Waals surface area contributed by atoms with Gasteiger partial charge in [-0.1, -0.05) is 13.8 Å². The highest BCUT2D eigenvalue weighted by molar-refractivity contribution is 5.87. The number of carbonyl (C=O) groups is 1. The van der Waals surface area contributed by atoms with Gasteiger partial charge in [-0.2, -0.15) is 0 Å². The van der Waals surface area contributed by atoms with E-state index in [9.17, 15) is 14.4 Å². The molecule has 19 heavy (non-hydrogen) atoms. The molecule has 8 nitrogen and oxygen atoms in total. The molecule has 0 saturated heterocycles. The maximum absolute atomic E-state index is 12.0. The van der Waals surface area contributed by atoms with Gasteiger partial charge in [-0.05, 0) is 5.92 Å². The summed E-state index contributed by atoms with van der Waals surface area (Å²) in [5.74, 6) is -1.47. The molecule has 0 aliphatic rings. The van der Waals surface area contributed by atoms with Crippen LogP contribution >= 0.6 is 0 Å². The molecule has 0 atom stereocenters. The molecular weight excluding hydrogens is 252 g/mol. The van der Waals surface area contributed by atoms with Crippen LogP contribution in [0.3, 0.4) is 0 Å². The van der Waals surface area contributed by atoms with E-state index in [1.807, 2.05) is 13.8 Å². The lowest BCUT2D eigenvalue weighted by Crippen LogP contribution is -2.38. The number of imidazole rings is 1. The fraction of sp³-hybridized carbons (Fsp3) is 0.455. The third kappa shape index (κ3) is 2.05. The molecule has 2 aromatic heterocycles. The molecule has 0 amide bonds. The molecule has 0 aromatic carbocycles. The largest absolute Gasteiger partial charge is 0.475 e. The van der Waals surface area contributed by atoms with Crippen LogP contribution in [0.15, 0.2) is 9.59 Å². The molecule has 102 valence electrons. The Morgan fingerprint density at radius 3 is 2.58 bits per heavy atom. The minimum absolute atomic E-state index is 0.0279. The number of hydrogen-bond acceptors (Lipinski definition) is 4. The summed E-state index contributed by atoms with van der Waals surface area (Å²) in [6.07, 6.45) is 0. The molecule has 2 heterocycles. The molecule has 0 fully saturated rings. The maximum Gasteiger partial charge on any atom is 0.371 e. The van der Waals surface area contributed by atoms with Crippen LogP contribution in [0, 0.1) is 5.92 Å². The molecule has 0 unspecified atom stereocenters. The normalized spacial score (nSPS) is 11.4. The minimum atomic E-state index is -1.28. The first-order chi connectivity index (χ1) is 8.82. The Hall–Kier alpha value is -2.38. The first-order valence-corrected chi connectivity index (χ1v) is 5.75. The first kappa shape index (κ1) is 13.1. The van der Waals surface area contributed by atoms with Crippen LogP contribution in [0.1, 0.15) is 24.5 Å². The highest BCUT2D eigenvalue weighted by atomic mass is 16.4. The van der Waals surface area contributed by atoms with Crippen molar-refractivity contribution in [3.05, 3.63) is 26.7 Å². The minimum Gasteiger partial charge on any atom is -0.475 e. The Labute approximate surface area is 107 Å². The second-order valence-corrected chi connectivity index (χ2v) is 4.74. The van der Waals surface area contributed by atoms with Crippen LogP contribution in [0.4, 0.5) is 0 Å². The lowest BCUT2D eigenvalue weighted by Gasteiger charge is -2.10. The van der Waals surface area contributed by atoms with Crippen molar-refractivity contribution in [2.24, 2.45) is 13.0 Å². The second-order valence-electron chi connectivity index (χ2n) is 4.74. The number of rotatable bonds is 3. The molecule has 2 aromatic rings. The first-order valence-electron chi connectivity index (χ1n) is 5.75. The SMILES string of the molecule is CC(C)Cn1c(=O)n(C)c(=O)c2[nH]c(C(=O)O)nc21. The number of carboxylic acids is 1. The van der Waals surface area contributed by atoms with E-state index >= 15 is 0 Å². The van der Waals surface area contributed by atoms with E-state index in [1.54, 1.807) is 0 Å². The van der Waals surface area contributed by atoms with Gasteiger partial charge in [0, 0.05) is 13.6 Å². The van der Waals surface area contributed by atoms with Crippen LogP contribution in [0.5, 0.6) is 0 Å². The van der Waals surface area contributed by atoms with Crippen molar-refractivity contribution < 1.29 is 9.90 Å². The lowest BCUT2D eigenvalue weighted by atomic mass is 10.2. The predicted octanol–water partition coefficient (Wildman–Crippen LogP) is -0.223. The zero-order valence-corrected chi connectivity index (χ0v) is 10.8. The molecule has 0 spiro atoms. The number of nitrogens with one attached hydrogen (secondary N) is 1. The summed E-state index contributed by atoms with van der Waals surface area (Å²) < 4.78 is 2.25. The van der Waals surface area contributed by atoms with E-state index in [-0.39, 0.29) is 22.9 Å². The molecule has 0 aliphatic heterocycles.